The topological polar surface area (TPSA) is 147 Å². The zero-order chi connectivity index (χ0) is 62.4. The van der Waals surface area contributed by atoms with Crippen molar-refractivity contribution in [1.29, 1.82) is 0 Å². The van der Waals surface area contributed by atoms with Crippen molar-refractivity contribution in [3.8, 4) is 23.0 Å². The number of phenols is 1. The maximum atomic E-state index is 12.5. The molecule has 3 N–H and O–H groups in total. The molecule has 2 saturated heterocycles. The molecule has 2 unspecified atom stereocenters. The third-order valence-electron chi connectivity index (χ3n) is 23.0. The number of alkyl halides is 1. The number of ether oxygens (including phenoxy) is 5. The number of phenolic OH excluding ortho intramolecular Hbond substituents is 1. The van der Waals surface area contributed by atoms with Crippen molar-refractivity contribution in [1.82, 2.24) is 9.80 Å². The van der Waals surface area contributed by atoms with E-state index in [0.717, 1.165) is 137 Å². The molecule has 12 nitrogen and oxygen atoms in total. The Hall–Kier alpha value is -3.37. The number of unbranched alkanes of at least 4 members (excludes halogenated alkanes) is 24. The minimum absolute atomic E-state index is 0.0394. The highest BCUT2D eigenvalue weighted by molar-refractivity contribution is 14.1. The van der Waals surface area contributed by atoms with Gasteiger partial charge in [-0.1, -0.05) is 193 Å². The number of aliphatic hydroxyl groups is 2. The minimum atomic E-state index is -0.830. The molecule has 0 aromatic heterocycles. The first-order chi connectivity index (χ1) is 43.3. The summed E-state index contributed by atoms with van der Waals surface area (Å²) in [5.41, 5.74) is 4.37. The van der Waals surface area contributed by atoms with Crippen LogP contribution in [0.3, 0.4) is 0 Å². The predicted molar refractivity (Wildman–Crippen MR) is 363 cm³/mol. The summed E-state index contributed by atoms with van der Waals surface area (Å²) in [6, 6.07) is 8.21. The van der Waals surface area contributed by atoms with E-state index in [0.29, 0.717) is 29.0 Å². The Balaban J connectivity index is 0.000000163. The maximum absolute atomic E-state index is 12.5. The van der Waals surface area contributed by atoms with Crippen LogP contribution in [0, 0.1) is 11.8 Å². The lowest BCUT2D eigenvalue weighted by molar-refractivity contribution is -0.174. The normalized spacial score (nSPS) is 28.1. The summed E-state index contributed by atoms with van der Waals surface area (Å²) in [5.74, 6) is 3.53. The number of carbonyl (C=O) groups is 2. The second kappa shape index (κ2) is 32.2. The molecule has 89 heavy (non-hydrogen) atoms. The summed E-state index contributed by atoms with van der Waals surface area (Å²) >= 11 is 2.06. The summed E-state index contributed by atoms with van der Waals surface area (Å²) in [7, 11) is 0. The van der Waals surface area contributed by atoms with Crippen LogP contribution in [0.4, 0.5) is 0 Å². The minimum Gasteiger partial charge on any atom is -0.504 e. The van der Waals surface area contributed by atoms with Gasteiger partial charge in [-0.15, -0.1) is 0 Å². The molecular formula is C76H115IN2O10. The van der Waals surface area contributed by atoms with Gasteiger partial charge in [0.15, 0.2) is 23.0 Å². The van der Waals surface area contributed by atoms with Gasteiger partial charge in [0.2, 0.25) is 6.79 Å². The number of benzene rings is 2. The van der Waals surface area contributed by atoms with Gasteiger partial charge in [0.05, 0.1) is 22.0 Å². The fourth-order valence-electron chi connectivity index (χ4n) is 17.8. The van der Waals surface area contributed by atoms with Crippen molar-refractivity contribution >= 4 is 34.5 Å². The first kappa shape index (κ1) is 68.5. The average molecular weight is 1340 g/mol. The second-order valence-corrected chi connectivity index (χ2v) is 29.8. The van der Waals surface area contributed by atoms with E-state index in [1.54, 1.807) is 6.07 Å². The molecule has 4 heterocycles. The van der Waals surface area contributed by atoms with E-state index in [-0.39, 0.29) is 48.8 Å². The molecule has 13 heteroatoms. The second-order valence-electron chi connectivity index (χ2n) is 29.2. The van der Waals surface area contributed by atoms with Gasteiger partial charge in [-0.3, -0.25) is 19.4 Å². The van der Waals surface area contributed by atoms with Crippen LogP contribution in [0.2, 0.25) is 0 Å². The standard InChI is InChI=1S/C38H57NO5.C21H25NO3.C17H33IO2/c1-3-4-5-6-7-8-9-10-11-12-13-14-15-16-33(40)43-27-42-31-20-19-30-25-32-38(41)22-21-28(2)36-37(38,34(30)35(31)44-36)23-24-39(32)26-29-17-18-29;1-12-6-7-21(24)16-10-14-4-5-15(23)18-17(14)20(21,19(12)25-18)8-9-22(16)11-13-2-3-13;1-2-3-4-5-6-7-8-9-10-11-12-13-14-15-17(19)20-16-18/h19-20,29,32,36,41H,2-18,21-27H2,1H3;4-5,13,16,19,23-24H,1-3,6-11H2;2-16H2,1H3/t32?,36-,37-,38+;16?,19-,20-,21+;/m00./s1. The van der Waals surface area contributed by atoms with Crippen LogP contribution in [0.25, 0.3) is 0 Å². The predicted octanol–water partition coefficient (Wildman–Crippen LogP) is 17.1. The lowest BCUT2D eigenvalue weighted by Gasteiger charge is -2.63. The fraction of sp³-hybridized carbons (Fsp3) is 0.763. The first-order valence-corrected chi connectivity index (χ1v) is 38.0. The number of hydrogen-bond donors (Lipinski definition) is 3. The van der Waals surface area contributed by atoms with E-state index in [9.17, 15) is 24.9 Å². The number of carbonyl (C=O) groups excluding carboxylic acids is 2. The Morgan fingerprint density at radius 3 is 1.37 bits per heavy atom. The van der Waals surface area contributed by atoms with Gasteiger partial charge >= 0.3 is 11.9 Å². The Morgan fingerprint density at radius 1 is 0.551 bits per heavy atom. The van der Waals surface area contributed by atoms with Gasteiger partial charge in [-0.25, -0.2) is 0 Å². The van der Waals surface area contributed by atoms with E-state index in [1.807, 2.05) is 12.1 Å². The van der Waals surface area contributed by atoms with Crippen molar-refractivity contribution in [2.45, 2.75) is 317 Å². The molecule has 4 saturated carbocycles. The lowest BCUT2D eigenvalue weighted by atomic mass is 9.48. The zero-order valence-corrected chi connectivity index (χ0v) is 57.3. The summed E-state index contributed by atoms with van der Waals surface area (Å²) in [4.78, 5) is 28.7. The molecule has 10 aliphatic rings. The van der Waals surface area contributed by atoms with Crippen molar-refractivity contribution in [2.24, 2.45) is 11.8 Å². The third-order valence-corrected chi connectivity index (χ3v) is 23.3. The highest BCUT2D eigenvalue weighted by Gasteiger charge is 2.73. The molecular weight excluding hydrogens is 1230 g/mol. The number of rotatable bonds is 36. The van der Waals surface area contributed by atoms with Crippen LogP contribution in [-0.2, 0) is 42.7 Å². The van der Waals surface area contributed by atoms with Crippen molar-refractivity contribution < 1.29 is 48.6 Å². The van der Waals surface area contributed by atoms with E-state index >= 15 is 0 Å². The molecule has 6 fully saturated rings. The van der Waals surface area contributed by atoms with Gasteiger partial charge in [0.25, 0.3) is 0 Å². The Kier molecular flexibility index (Phi) is 24.8. The fourth-order valence-corrected chi connectivity index (χ4v) is 18.2. The smallest absolute Gasteiger partial charge is 0.308 e. The molecule has 496 valence electrons. The van der Waals surface area contributed by atoms with Crippen LogP contribution in [-0.4, -0.2) is 110 Å². The van der Waals surface area contributed by atoms with Gasteiger partial charge < -0.3 is 39.0 Å². The lowest BCUT2D eigenvalue weighted by Crippen LogP contribution is -2.75. The van der Waals surface area contributed by atoms with Gasteiger partial charge in [0.1, 0.15) is 16.8 Å². The van der Waals surface area contributed by atoms with E-state index in [2.05, 4.69) is 65.5 Å². The Labute approximate surface area is 549 Å². The summed E-state index contributed by atoms with van der Waals surface area (Å²) in [5, 5.41) is 35.0. The molecule has 2 aromatic carbocycles. The zero-order valence-electron chi connectivity index (χ0n) is 55.2. The molecule has 2 spiro atoms. The molecule has 0 amide bonds. The summed E-state index contributed by atoms with van der Waals surface area (Å²) in [6.07, 6.45) is 46.6. The maximum Gasteiger partial charge on any atom is 0.308 e. The van der Waals surface area contributed by atoms with Crippen LogP contribution in [0.15, 0.2) is 48.6 Å². The molecule has 2 aromatic rings. The summed E-state index contributed by atoms with van der Waals surface area (Å²) in [6.45, 7) is 17.3. The molecule has 4 bridgehead atoms. The highest BCUT2D eigenvalue weighted by atomic mass is 127. The number of nitrogens with zero attached hydrogens (tertiary/aromatic N) is 2. The number of aromatic hydroxyl groups is 1. The molecule has 6 aliphatic carbocycles. The summed E-state index contributed by atoms with van der Waals surface area (Å²) < 4.78 is 29.9. The number of likely N-dealkylation sites (tertiary alicyclic amines) is 2. The van der Waals surface area contributed by atoms with Gasteiger partial charge in [-0.05, 0) is 172 Å². The van der Waals surface area contributed by atoms with Crippen molar-refractivity contribution in [3.05, 3.63) is 70.8 Å². The number of esters is 2. The average Bonchev–Trinajstić information content (AvgIpc) is 1.60. The van der Waals surface area contributed by atoms with Crippen molar-refractivity contribution in [3.63, 3.8) is 0 Å². The molecule has 8 atom stereocenters. The van der Waals surface area contributed by atoms with Crippen LogP contribution in [0.5, 0.6) is 23.0 Å². The highest BCUT2D eigenvalue weighted by Crippen LogP contribution is 2.68. The Bertz CT molecular complexity index is 2670. The van der Waals surface area contributed by atoms with E-state index < -0.39 is 22.0 Å². The monoisotopic (exact) mass is 1340 g/mol. The van der Waals surface area contributed by atoms with Crippen LogP contribution in [0.1, 0.15) is 280 Å². The van der Waals surface area contributed by atoms with Gasteiger partial charge in [0, 0.05) is 49.1 Å². The Morgan fingerprint density at radius 2 is 0.944 bits per heavy atom. The van der Waals surface area contributed by atoms with E-state index in [4.69, 9.17) is 23.7 Å². The van der Waals surface area contributed by atoms with Crippen LogP contribution < -0.4 is 14.2 Å². The molecule has 4 aliphatic heterocycles. The quantitative estimate of drug-likeness (QED) is 0.0149. The molecule has 0 radical (unpaired) electrons. The van der Waals surface area contributed by atoms with Gasteiger partial charge in [-0.2, -0.15) is 0 Å². The number of piperidine rings is 2. The third kappa shape index (κ3) is 15.4. The number of halogens is 1. The van der Waals surface area contributed by atoms with Crippen LogP contribution >= 0.6 is 22.6 Å². The SMILES string of the molecule is C=C1CC[C@@]2(O)C3Cc4ccc(O)c5c4[C@@]2(CCN3CC2CC2)[C@H]1O5.C=C1CC[C@@]2(O)C3Cc4ccc(OCOC(=O)CCCCCCCCCCCCCCC)c5c4[C@@]2(CCN3CC2CC2)[C@H]1O5.CCCCCCCCCCCCCCCC(=O)OCI. The van der Waals surface area contributed by atoms with E-state index in [1.165, 1.54) is 184 Å². The van der Waals surface area contributed by atoms with Crippen molar-refractivity contribution in [2.75, 3.05) is 37.6 Å². The largest absolute Gasteiger partial charge is 0.504 e. The first-order valence-electron chi connectivity index (χ1n) is 36.5. The number of hydrogen-bond acceptors (Lipinski definition) is 12. The molecule has 12 rings (SSSR count).